The first kappa shape index (κ1) is 15.3. The van der Waals surface area contributed by atoms with Crippen molar-refractivity contribution in [3.63, 3.8) is 0 Å². The van der Waals surface area contributed by atoms with Crippen molar-refractivity contribution in [2.45, 2.75) is 19.3 Å². The van der Waals surface area contributed by atoms with E-state index in [2.05, 4.69) is 58.4 Å². The second-order valence-corrected chi connectivity index (χ2v) is 6.30. The van der Waals surface area contributed by atoms with Gasteiger partial charge in [0.1, 0.15) is 5.75 Å². The fraction of sp³-hybridized carbons (Fsp3) is 0.263. The first-order chi connectivity index (χ1) is 10.8. The molecule has 0 saturated heterocycles. The summed E-state index contributed by atoms with van der Waals surface area (Å²) in [5, 5.41) is 0. The van der Waals surface area contributed by atoms with Crippen molar-refractivity contribution in [2.24, 2.45) is 0 Å². The van der Waals surface area contributed by atoms with Crippen LogP contribution in [-0.2, 0) is 11.2 Å². The molecular formula is C19H19BrO2. The standard InChI is InChI=1S/C19H19BrO2/c1-21-13-22-19-8-7-14(12-18(19)20)9-15-10-16-5-3-2-4-6-17(16)11-15/h3,5-8,10-12H,2,4,9,13H2,1H3. The maximum atomic E-state index is 5.49. The van der Waals surface area contributed by atoms with E-state index in [1.165, 1.54) is 22.3 Å². The van der Waals surface area contributed by atoms with Crippen molar-refractivity contribution in [2.75, 3.05) is 13.9 Å². The average molecular weight is 359 g/mol. The van der Waals surface area contributed by atoms with E-state index in [0.29, 0.717) is 0 Å². The van der Waals surface area contributed by atoms with Crippen LogP contribution in [0.25, 0.3) is 0 Å². The summed E-state index contributed by atoms with van der Waals surface area (Å²) < 4.78 is 11.4. The smallest absolute Gasteiger partial charge is 0.188 e. The van der Waals surface area contributed by atoms with Crippen LogP contribution in [0.5, 0.6) is 5.75 Å². The molecule has 0 radical (unpaired) electrons. The normalized spacial score (nSPS) is 16.5. The van der Waals surface area contributed by atoms with Crippen LogP contribution in [0.2, 0.25) is 0 Å². The maximum absolute atomic E-state index is 5.49. The Balaban J connectivity index is 1.73. The van der Waals surface area contributed by atoms with Gasteiger partial charge in [-0.25, -0.2) is 0 Å². The van der Waals surface area contributed by atoms with Gasteiger partial charge in [0.05, 0.1) is 4.47 Å². The molecule has 0 fully saturated rings. The SMILES string of the molecule is COCOc1ccc(CC2=CC3=CCCC=CC3=C2)cc1Br. The summed E-state index contributed by atoms with van der Waals surface area (Å²) >= 11 is 3.56. The molecule has 0 saturated carbocycles. The highest BCUT2D eigenvalue weighted by Crippen LogP contribution is 2.31. The number of hydrogen-bond acceptors (Lipinski definition) is 2. The van der Waals surface area contributed by atoms with Gasteiger partial charge in [-0.1, -0.05) is 36.4 Å². The van der Waals surface area contributed by atoms with E-state index in [0.717, 1.165) is 29.5 Å². The zero-order valence-electron chi connectivity index (χ0n) is 12.6. The van der Waals surface area contributed by atoms with Gasteiger partial charge >= 0.3 is 0 Å². The summed E-state index contributed by atoms with van der Waals surface area (Å²) in [7, 11) is 1.62. The maximum Gasteiger partial charge on any atom is 0.188 e. The Morgan fingerprint density at radius 3 is 2.86 bits per heavy atom. The first-order valence-electron chi connectivity index (χ1n) is 7.46. The van der Waals surface area contributed by atoms with E-state index in [1.807, 2.05) is 6.07 Å². The van der Waals surface area contributed by atoms with Crippen LogP contribution in [0.4, 0.5) is 0 Å². The fourth-order valence-electron chi connectivity index (χ4n) is 2.71. The summed E-state index contributed by atoms with van der Waals surface area (Å²) in [6, 6.07) is 6.20. The highest BCUT2D eigenvalue weighted by atomic mass is 79.9. The summed E-state index contributed by atoms with van der Waals surface area (Å²) in [4.78, 5) is 0. The lowest BCUT2D eigenvalue weighted by atomic mass is 10.1. The quantitative estimate of drug-likeness (QED) is 0.680. The van der Waals surface area contributed by atoms with Crippen molar-refractivity contribution < 1.29 is 9.47 Å². The van der Waals surface area contributed by atoms with Gasteiger partial charge in [0, 0.05) is 7.11 Å². The molecule has 0 atom stereocenters. The number of fused-ring (bicyclic) bond motifs is 1. The molecule has 0 aliphatic heterocycles. The van der Waals surface area contributed by atoms with Crippen molar-refractivity contribution in [3.05, 3.63) is 75.3 Å². The lowest BCUT2D eigenvalue weighted by Gasteiger charge is -2.08. The van der Waals surface area contributed by atoms with Crippen LogP contribution in [0.3, 0.4) is 0 Å². The third kappa shape index (κ3) is 3.60. The van der Waals surface area contributed by atoms with Crippen molar-refractivity contribution in [1.29, 1.82) is 0 Å². The Kier molecular flexibility index (Phi) is 4.96. The molecular weight excluding hydrogens is 340 g/mol. The van der Waals surface area contributed by atoms with E-state index >= 15 is 0 Å². The molecule has 1 aromatic rings. The predicted molar refractivity (Wildman–Crippen MR) is 93.0 cm³/mol. The van der Waals surface area contributed by atoms with E-state index in [-0.39, 0.29) is 6.79 Å². The number of ether oxygens (including phenoxy) is 2. The van der Waals surface area contributed by atoms with E-state index < -0.39 is 0 Å². The minimum Gasteiger partial charge on any atom is -0.466 e. The topological polar surface area (TPSA) is 18.5 Å². The number of rotatable bonds is 5. The molecule has 2 aliphatic rings. The molecule has 0 bridgehead atoms. The third-order valence-corrected chi connectivity index (χ3v) is 4.37. The van der Waals surface area contributed by atoms with Gasteiger partial charge in [0.15, 0.2) is 6.79 Å². The zero-order valence-corrected chi connectivity index (χ0v) is 14.2. The molecule has 114 valence electrons. The van der Waals surface area contributed by atoms with Crippen LogP contribution in [0.15, 0.2) is 69.8 Å². The van der Waals surface area contributed by atoms with E-state index in [1.54, 1.807) is 7.11 Å². The van der Waals surface area contributed by atoms with Crippen molar-refractivity contribution >= 4 is 15.9 Å². The molecule has 2 nitrogen and oxygen atoms in total. The summed E-state index contributed by atoms with van der Waals surface area (Å²) in [6.07, 6.45) is 14.6. The lowest BCUT2D eigenvalue weighted by molar-refractivity contribution is 0.0506. The average Bonchev–Trinajstić information content (AvgIpc) is 2.75. The summed E-state index contributed by atoms with van der Waals surface area (Å²) in [5.41, 5.74) is 5.32. The molecule has 3 rings (SSSR count). The number of methoxy groups -OCH3 is 1. The molecule has 2 aliphatic carbocycles. The summed E-state index contributed by atoms with van der Waals surface area (Å²) in [5.74, 6) is 0.806. The zero-order chi connectivity index (χ0) is 15.4. The Bertz CT molecular complexity index is 681. The Morgan fingerprint density at radius 2 is 2.05 bits per heavy atom. The molecule has 22 heavy (non-hydrogen) atoms. The van der Waals surface area contributed by atoms with Gasteiger partial charge in [0.25, 0.3) is 0 Å². The second kappa shape index (κ2) is 7.12. The number of halogens is 1. The van der Waals surface area contributed by atoms with Gasteiger partial charge in [-0.3, -0.25) is 0 Å². The first-order valence-corrected chi connectivity index (χ1v) is 8.25. The molecule has 0 unspecified atom stereocenters. The van der Waals surface area contributed by atoms with Crippen LogP contribution >= 0.6 is 15.9 Å². The van der Waals surface area contributed by atoms with Gasteiger partial charge < -0.3 is 9.47 Å². The molecule has 3 heteroatoms. The van der Waals surface area contributed by atoms with Gasteiger partial charge in [-0.2, -0.15) is 0 Å². The van der Waals surface area contributed by atoms with Crippen LogP contribution in [-0.4, -0.2) is 13.9 Å². The Labute approximate surface area is 140 Å². The van der Waals surface area contributed by atoms with Crippen LogP contribution in [0, 0.1) is 0 Å². The monoisotopic (exact) mass is 358 g/mol. The number of hydrogen-bond donors (Lipinski definition) is 0. The van der Waals surface area contributed by atoms with Crippen LogP contribution in [0.1, 0.15) is 18.4 Å². The van der Waals surface area contributed by atoms with Gasteiger partial charge in [-0.05, 0) is 69.6 Å². The van der Waals surface area contributed by atoms with E-state index in [9.17, 15) is 0 Å². The molecule has 0 N–H and O–H groups in total. The predicted octanol–water partition coefficient (Wildman–Crippen LogP) is 5.12. The highest BCUT2D eigenvalue weighted by Gasteiger charge is 2.12. The second-order valence-electron chi connectivity index (χ2n) is 5.45. The van der Waals surface area contributed by atoms with Gasteiger partial charge in [-0.15, -0.1) is 0 Å². The largest absolute Gasteiger partial charge is 0.466 e. The molecule has 1 aromatic carbocycles. The van der Waals surface area contributed by atoms with Crippen LogP contribution < -0.4 is 4.74 Å². The van der Waals surface area contributed by atoms with Gasteiger partial charge in [0.2, 0.25) is 0 Å². The number of benzene rings is 1. The molecule has 0 amide bonds. The third-order valence-electron chi connectivity index (χ3n) is 3.75. The minimum absolute atomic E-state index is 0.260. The Hall–Kier alpha value is -1.58. The number of allylic oxidation sites excluding steroid dienone is 8. The minimum atomic E-state index is 0.260. The molecule has 0 spiro atoms. The van der Waals surface area contributed by atoms with Crippen molar-refractivity contribution in [1.82, 2.24) is 0 Å². The van der Waals surface area contributed by atoms with E-state index in [4.69, 9.17) is 9.47 Å². The van der Waals surface area contributed by atoms with Crippen molar-refractivity contribution in [3.8, 4) is 5.75 Å². The lowest BCUT2D eigenvalue weighted by Crippen LogP contribution is -1.99. The summed E-state index contributed by atoms with van der Waals surface area (Å²) in [6.45, 7) is 0.260. The molecule has 0 heterocycles. The molecule has 0 aromatic heterocycles. The fourth-order valence-corrected chi connectivity index (χ4v) is 3.25. The highest BCUT2D eigenvalue weighted by molar-refractivity contribution is 9.10. The Morgan fingerprint density at radius 1 is 1.14 bits per heavy atom.